The summed E-state index contributed by atoms with van der Waals surface area (Å²) >= 11 is 5.05. The highest BCUT2D eigenvalue weighted by atomic mass is 32.1. The van der Waals surface area contributed by atoms with Crippen molar-refractivity contribution in [2.24, 2.45) is 0 Å². The third-order valence-corrected chi connectivity index (χ3v) is 2.93. The largest absolute Gasteiger partial charge is 0.504 e. The molecule has 1 aromatic carbocycles. The lowest BCUT2D eigenvalue weighted by Crippen LogP contribution is -2.34. The lowest BCUT2D eigenvalue weighted by atomic mass is 10.2. The summed E-state index contributed by atoms with van der Waals surface area (Å²) in [7, 11) is 0. The highest BCUT2D eigenvalue weighted by Crippen LogP contribution is 2.18. The van der Waals surface area contributed by atoms with Crippen LogP contribution in [0.5, 0.6) is 5.75 Å². The minimum Gasteiger partial charge on any atom is -0.504 e. The van der Waals surface area contributed by atoms with E-state index in [1.54, 1.807) is 38.1 Å². The molecule has 3 N–H and O–H groups in total. The second-order valence-corrected chi connectivity index (χ2v) is 4.75. The quantitative estimate of drug-likeness (QED) is 0.735. The molecule has 0 radical (unpaired) electrons. The van der Waals surface area contributed by atoms with Gasteiger partial charge in [0, 0.05) is 5.56 Å². The molecule has 1 heterocycles. The van der Waals surface area contributed by atoms with Crippen molar-refractivity contribution >= 4 is 29.2 Å². The predicted molar refractivity (Wildman–Crippen MR) is 83.3 cm³/mol. The topological polar surface area (TPSA) is 87.1 Å². The number of hydrogen-bond donors (Lipinski definition) is 3. The van der Waals surface area contributed by atoms with Crippen molar-refractivity contribution in [1.29, 1.82) is 0 Å². The number of benzene rings is 1. The van der Waals surface area contributed by atoms with Gasteiger partial charge in [0.25, 0.3) is 5.91 Å². The number of carbonyl (C=O) groups excluding carboxylic acids is 1. The summed E-state index contributed by atoms with van der Waals surface area (Å²) in [6.45, 7) is 3.31. The monoisotopic (exact) mass is 302 g/mol. The zero-order valence-electron chi connectivity index (χ0n) is 11.5. The van der Waals surface area contributed by atoms with Crippen LogP contribution in [-0.2, 0) is 0 Å². The Morgan fingerprint density at radius 2 is 1.71 bits per heavy atom. The molecule has 0 fully saturated rings. The fourth-order valence-corrected chi connectivity index (χ4v) is 1.85. The van der Waals surface area contributed by atoms with Gasteiger partial charge in [0.15, 0.2) is 10.9 Å². The minimum atomic E-state index is -0.319. The average molecular weight is 302 g/mol. The molecule has 7 heteroatoms. The Morgan fingerprint density at radius 1 is 1.14 bits per heavy atom. The number of nitrogens with one attached hydrogen (secondary N) is 2. The standard InChI is InChI=1S/C14H14N4O2S/c1-8-11(19)9(2)16-13(15-8)18-14(21)17-12(20)10-6-4-3-5-7-10/h3-7,19H,1-2H3,(H2,15,16,17,18,20,21). The van der Waals surface area contributed by atoms with Crippen LogP contribution >= 0.6 is 12.2 Å². The number of rotatable bonds is 2. The van der Waals surface area contributed by atoms with Crippen molar-refractivity contribution in [3.8, 4) is 5.75 Å². The molecule has 21 heavy (non-hydrogen) atoms. The molecule has 0 aliphatic rings. The molecular weight excluding hydrogens is 288 g/mol. The summed E-state index contributed by atoms with van der Waals surface area (Å²) in [5, 5.41) is 14.9. The molecule has 1 aromatic heterocycles. The lowest BCUT2D eigenvalue weighted by Gasteiger charge is -2.10. The van der Waals surface area contributed by atoms with Gasteiger partial charge in [0.2, 0.25) is 5.95 Å². The van der Waals surface area contributed by atoms with Crippen molar-refractivity contribution in [3.05, 3.63) is 47.3 Å². The Kier molecular flexibility index (Phi) is 4.44. The van der Waals surface area contributed by atoms with Crippen LogP contribution < -0.4 is 10.6 Å². The van der Waals surface area contributed by atoms with Gasteiger partial charge in [-0.3, -0.25) is 10.1 Å². The molecule has 0 saturated heterocycles. The van der Waals surface area contributed by atoms with Crippen LogP contribution in [0.2, 0.25) is 0 Å². The number of nitrogens with zero attached hydrogens (tertiary/aromatic N) is 2. The molecule has 0 aliphatic heterocycles. The summed E-state index contributed by atoms with van der Waals surface area (Å²) in [5.74, 6) is -0.0544. The van der Waals surface area contributed by atoms with Gasteiger partial charge in [-0.05, 0) is 38.2 Å². The number of aromatic nitrogens is 2. The number of aryl methyl sites for hydroxylation is 2. The zero-order chi connectivity index (χ0) is 15.4. The van der Waals surface area contributed by atoms with Crippen LogP contribution in [0.25, 0.3) is 0 Å². The van der Waals surface area contributed by atoms with Gasteiger partial charge in [0.1, 0.15) is 0 Å². The maximum atomic E-state index is 11.9. The van der Waals surface area contributed by atoms with Gasteiger partial charge in [-0.15, -0.1) is 0 Å². The lowest BCUT2D eigenvalue weighted by molar-refractivity contribution is 0.0977. The van der Waals surface area contributed by atoms with E-state index < -0.39 is 0 Å². The Hall–Kier alpha value is -2.54. The molecule has 0 spiro atoms. The Balaban J connectivity index is 2.04. The van der Waals surface area contributed by atoms with E-state index >= 15 is 0 Å². The third-order valence-electron chi connectivity index (χ3n) is 2.72. The van der Waals surface area contributed by atoms with E-state index in [-0.39, 0.29) is 22.7 Å². The van der Waals surface area contributed by atoms with E-state index in [1.165, 1.54) is 0 Å². The van der Waals surface area contributed by atoms with Gasteiger partial charge in [-0.1, -0.05) is 18.2 Å². The summed E-state index contributed by atoms with van der Waals surface area (Å²) in [6, 6.07) is 8.72. The predicted octanol–water partition coefficient (Wildman–Crippen LogP) is 1.93. The fraction of sp³-hybridized carbons (Fsp3) is 0.143. The second-order valence-electron chi connectivity index (χ2n) is 4.34. The average Bonchev–Trinajstić information content (AvgIpc) is 2.45. The van der Waals surface area contributed by atoms with Crippen LogP contribution in [-0.4, -0.2) is 26.1 Å². The summed E-state index contributed by atoms with van der Waals surface area (Å²) < 4.78 is 0. The molecule has 0 unspecified atom stereocenters. The molecule has 0 aliphatic carbocycles. The van der Waals surface area contributed by atoms with Gasteiger partial charge in [-0.25, -0.2) is 9.97 Å². The van der Waals surface area contributed by atoms with Crippen LogP contribution in [0.1, 0.15) is 21.7 Å². The Morgan fingerprint density at radius 3 is 2.29 bits per heavy atom. The molecule has 108 valence electrons. The third kappa shape index (κ3) is 3.73. The number of carbonyl (C=O) groups is 1. The van der Waals surface area contributed by atoms with E-state index in [0.717, 1.165) is 0 Å². The van der Waals surface area contributed by atoms with Crippen molar-refractivity contribution < 1.29 is 9.90 Å². The summed E-state index contributed by atoms with van der Waals surface area (Å²) in [5.41, 5.74) is 1.37. The van der Waals surface area contributed by atoms with E-state index in [1.807, 2.05) is 6.07 Å². The van der Waals surface area contributed by atoms with Crippen LogP contribution in [0, 0.1) is 13.8 Å². The van der Waals surface area contributed by atoms with E-state index in [4.69, 9.17) is 12.2 Å². The molecular formula is C14H14N4O2S. The Bertz CT molecular complexity index is 666. The number of hydrogen-bond acceptors (Lipinski definition) is 5. The van der Waals surface area contributed by atoms with E-state index in [9.17, 15) is 9.90 Å². The second kappa shape index (κ2) is 6.27. The van der Waals surface area contributed by atoms with Crippen molar-refractivity contribution in [2.45, 2.75) is 13.8 Å². The first-order chi connectivity index (χ1) is 9.97. The number of amides is 1. The molecule has 6 nitrogen and oxygen atoms in total. The number of thiocarbonyl (C=S) groups is 1. The highest BCUT2D eigenvalue weighted by molar-refractivity contribution is 7.80. The zero-order valence-corrected chi connectivity index (χ0v) is 12.4. The highest BCUT2D eigenvalue weighted by Gasteiger charge is 2.10. The maximum Gasteiger partial charge on any atom is 0.257 e. The van der Waals surface area contributed by atoms with Crippen molar-refractivity contribution in [1.82, 2.24) is 15.3 Å². The first kappa shape index (κ1) is 14.9. The van der Waals surface area contributed by atoms with Crippen LogP contribution in [0.15, 0.2) is 30.3 Å². The number of aromatic hydroxyl groups is 1. The van der Waals surface area contributed by atoms with Gasteiger partial charge in [-0.2, -0.15) is 0 Å². The molecule has 2 aromatic rings. The Labute approximate surface area is 127 Å². The van der Waals surface area contributed by atoms with Gasteiger partial charge >= 0.3 is 0 Å². The van der Waals surface area contributed by atoms with Crippen LogP contribution in [0.3, 0.4) is 0 Å². The normalized spacial score (nSPS) is 10.0. The smallest absolute Gasteiger partial charge is 0.257 e. The first-order valence-corrected chi connectivity index (χ1v) is 6.60. The molecule has 0 atom stereocenters. The SMILES string of the molecule is Cc1nc(NC(=S)NC(=O)c2ccccc2)nc(C)c1O. The minimum absolute atomic E-state index is 0.0415. The molecule has 0 saturated carbocycles. The van der Waals surface area contributed by atoms with Crippen molar-refractivity contribution in [2.75, 3.05) is 5.32 Å². The maximum absolute atomic E-state index is 11.9. The molecule has 0 bridgehead atoms. The number of anilines is 1. The van der Waals surface area contributed by atoms with Gasteiger partial charge < -0.3 is 10.4 Å². The van der Waals surface area contributed by atoms with E-state index in [2.05, 4.69) is 20.6 Å². The molecule has 2 rings (SSSR count). The van der Waals surface area contributed by atoms with Crippen LogP contribution in [0.4, 0.5) is 5.95 Å². The van der Waals surface area contributed by atoms with E-state index in [0.29, 0.717) is 17.0 Å². The molecule has 1 amide bonds. The summed E-state index contributed by atoms with van der Waals surface area (Å²) in [4.78, 5) is 20.0. The first-order valence-electron chi connectivity index (χ1n) is 6.19. The fourth-order valence-electron chi connectivity index (χ4n) is 1.66. The van der Waals surface area contributed by atoms with Gasteiger partial charge in [0.05, 0.1) is 11.4 Å². The summed E-state index contributed by atoms with van der Waals surface area (Å²) in [6.07, 6.45) is 0. The van der Waals surface area contributed by atoms with Crippen molar-refractivity contribution in [3.63, 3.8) is 0 Å².